The summed E-state index contributed by atoms with van der Waals surface area (Å²) in [6.07, 6.45) is 0. The van der Waals surface area contributed by atoms with Gasteiger partial charge in [0.2, 0.25) is 5.91 Å². The van der Waals surface area contributed by atoms with E-state index in [1.165, 1.54) is 36.0 Å². The number of amides is 1. The first kappa shape index (κ1) is 15.5. The Hall–Kier alpha value is -1.88. The third-order valence-corrected chi connectivity index (χ3v) is 3.80. The summed E-state index contributed by atoms with van der Waals surface area (Å²) in [7, 11) is 0. The molecule has 2 aromatic rings. The van der Waals surface area contributed by atoms with E-state index in [0.717, 1.165) is 11.1 Å². The van der Waals surface area contributed by atoms with Crippen molar-refractivity contribution in [3.63, 3.8) is 0 Å². The number of hydrogen-bond acceptors (Lipinski definition) is 2. The molecule has 0 atom stereocenters. The van der Waals surface area contributed by atoms with Gasteiger partial charge in [-0.15, -0.1) is 11.8 Å². The van der Waals surface area contributed by atoms with E-state index < -0.39 is 0 Å². The van der Waals surface area contributed by atoms with E-state index in [1.54, 1.807) is 18.2 Å². The van der Waals surface area contributed by atoms with Crippen molar-refractivity contribution >= 4 is 17.7 Å². The van der Waals surface area contributed by atoms with Crippen molar-refractivity contribution in [3.05, 3.63) is 71.3 Å². The van der Waals surface area contributed by atoms with Gasteiger partial charge in [0.1, 0.15) is 11.6 Å². The molecule has 0 saturated heterocycles. The minimum atomic E-state index is -0.296. The number of nitrogens with one attached hydrogen (secondary N) is 1. The van der Waals surface area contributed by atoms with Crippen LogP contribution in [0.1, 0.15) is 11.1 Å². The minimum absolute atomic E-state index is 0.0965. The van der Waals surface area contributed by atoms with E-state index >= 15 is 0 Å². The van der Waals surface area contributed by atoms with Crippen LogP contribution < -0.4 is 5.32 Å². The van der Waals surface area contributed by atoms with Gasteiger partial charge >= 0.3 is 0 Å². The summed E-state index contributed by atoms with van der Waals surface area (Å²) in [6.45, 7) is 0.375. The predicted octanol–water partition coefficient (Wildman–Crippen LogP) is 3.51. The maximum absolute atomic E-state index is 13.0. The van der Waals surface area contributed by atoms with Crippen molar-refractivity contribution < 1.29 is 13.6 Å². The molecule has 1 amide bonds. The van der Waals surface area contributed by atoms with Crippen molar-refractivity contribution in [2.24, 2.45) is 0 Å². The molecule has 110 valence electrons. The van der Waals surface area contributed by atoms with Gasteiger partial charge in [0.05, 0.1) is 5.75 Å². The molecule has 0 spiro atoms. The predicted molar refractivity (Wildman–Crippen MR) is 80.8 cm³/mol. The average molecular weight is 307 g/mol. The molecule has 2 rings (SSSR count). The third kappa shape index (κ3) is 5.55. The van der Waals surface area contributed by atoms with Crippen LogP contribution in [-0.2, 0) is 17.1 Å². The van der Waals surface area contributed by atoms with Crippen LogP contribution in [-0.4, -0.2) is 11.7 Å². The lowest BCUT2D eigenvalue weighted by molar-refractivity contribution is -0.118. The lowest BCUT2D eigenvalue weighted by Gasteiger charge is -2.05. The number of thioether (sulfide) groups is 1. The van der Waals surface area contributed by atoms with Crippen LogP contribution in [0.4, 0.5) is 8.78 Å². The van der Waals surface area contributed by atoms with Crippen LogP contribution in [0.25, 0.3) is 0 Å². The molecular formula is C16H15F2NOS. The molecule has 0 aromatic heterocycles. The van der Waals surface area contributed by atoms with Gasteiger partial charge in [0.15, 0.2) is 0 Å². The van der Waals surface area contributed by atoms with E-state index in [9.17, 15) is 13.6 Å². The highest BCUT2D eigenvalue weighted by atomic mass is 32.2. The van der Waals surface area contributed by atoms with Crippen LogP contribution in [0.2, 0.25) is 0 Å². The van der Waals surface area contributed by atoms with Gasteiger partial charge in [-0.1, -0.05) is 24.3 Å². The first-order valence-corrected chi connectivity index (χ1v) is 7.62. The molecule has 2 nitrogen and oxygen atoms in total. The second kappa shape index (κ2) is 7.78. The number of benzene rings is 2. The highest BCUT2D eigenvalue weighted by molar-refractivity contribution is 7.99. The number of halogens is 2. The van der Waals surface area contributed by atoms with E-state index in [2.05, 4.69) is 5.32 Å². The number of carbonyl (C=O) groups is 1. The van der Waals surface area contributed by atoms with Crippen molar-refractivity contribution in [2.75, 3.05) is 5.75 Å². The lowest BCUT2D eigenvalue weighted by Crippen LogP contribution is -2.24. The van der Waals surface area contributed by atoms with Crippen LogP contribution >= 0.6 is 11.8 Å². The molecular weight excluding hydrogens is 292 g/mol. The molecule has 0 fully saturated rings. The molecule has 5 heteroatoms. The summed E-state index contributed by atoms with van der Waals surface area (Å²) in [6, 6.07) is 12.3. The highest BCUT2D eigenvalue weighted by Gasteiger charge is 2.03. The number of rotatable bonds is 6. The topological polar surface area (TPSA) is 29.1 Å². The van der Waals surface area contributed by atoms with Crippen molar-refractivity contribution in [1.29, 1.82) is 0 Å². The largest absolute Gasteiger partial charge is 0.351 e. The molecule has 0 aliphatic heterocycles. The first-order valence-electron chi connectivity index (χ1n) is 6.47. The summed E-state index contributed by atoms with van der Waals surface area (Å²) in [5.41, 5.74) is 1.70. The molecule has 0 radical (unpaired) electrons. The van der Waals surface area contributed by atoms with Gasteiger partial charge in [-0.25, -0.2) is 8.78 Å². The van der Waals surface area contributed by atoms with Crippen molar-refractivity contribution in [2.45, 2.75) is 12.3 Å². The fourth-order valence-corrected chi connectivity index (χ4v) is 2.55. The molecule has 0 heterocycles. The van der Waals surface area contributed by atoms with Gasteiger partial charge in [0, 0.05) is 12.3 Å². The Labute approximate surface area is 126 Å². The fraction of sp³-hybridized carbons (Fsp3) is 0.188. The number of carbonyl (C=O) groups excluding carboxylic acids is 1. The molecule has 0 saturated carbocycles. The Bertz CT molecular complexity index is 601. The van der Waals surface area contributed by atoms with Crippen LogP contribution in [0.3, 0.4) is 0 Å². The van der Waals surface area contributed by atoms with E-state index in [0.29, 0.717) is 18.1 Å². The zero-order chi connectivity index (χ0) is 15.1. The SMILES string of the molecule is O=C(CSCc1cccc(F)c1)NCc1ccc(F)cc1. The number of hydrogen-bond donors (Lipinski definition) is 1. The molecule has 0 aliphatic rings. The maximum atomic E-state index is 13.0. The van der Waals surface area contributed by atoms with Crippen LogP contribution in [0.15, 0.2) is 48.5 Å². The van der Waals surface area contributed by atoms with Gasteiger partial charge in [0.25, 0.3) is 0 Å². The van der Waals surface area contributed by atoms with Crippen molar-refractivity contribution in [3.8, 4) is 0 Å². The van der Waals surface area contributed by atoms with Gasteiger partial charge in [-0.3, -0.25) is 4.79 Å². The monoisotopic (exact) mass is 307 g/mol. The molecule has 0 bridgehead atoms. The maximum Gasteiger partial charge on any atom is 0.230 e. The standard InChI is InChI=1S/C16H15F2NOS/c17-14-6-4-12(5-7-14)9-19-16(20)11-21-10-13-2-1-3-15(18)8-13/h1-8H,9-11H2,(H,19,20). The summed E-state index contributed by atoms with van der Waals surface area (Å²) in [4.78, 5) is 11.7. The highest BCUT2D eigenvalue weighted by Crippen LogP contribution is 2.13. The third-order valence-electron chi connectivity index (χ3n) is 2.79. The molecule has 1 N–H and O–H groups in total. The zero-order valence-electron chi connectivity index (χ0n) is 11.3. The second-order valence-electron chi connectivity index (χ2n) is 4.53. The Balaban J connectivity index is 1.69. The normalized spacial score (nSPS) is 10.4. The van der Waals surface area contributed by atoms with E-state index in [4.69, 9.17) is 0 Å². The quantitative estimate of drug-likeness (QED) is 0.885. The van der Waals surface area contributed by atoms with Crippen molar-refractivity contribution in [1.82, 2.24) is 5.32 Å². The minimum Gasteiger partial charge on any atom is -0.351 e. The molecule has 0 unspecified atom stereocenters. The van der Waals surface area contributed by atoms with E-state index in [1.807, 2.05) is 6.07 Å². The molecule has 2 aromatic carbocycles. The van der Waals surface area contributed by atoms with Gasteiger partial charge in [-0.05, 0) is 35.4 Å². The summed E-state index contributed by atoms with van der Waals surface area (Å²) in [5, 5.41) is 2.76. The van der Waals surface area contributed by atoms with Gasteiger partial charge < -0.3 is 5.32 Å². The summed E-state index contributed by atoms with van der Waals surface area (Å²) in [5.74, 6) is 0.227. The Morgan fingerprint density at radius 2 is 1.76 bits per heavy atom. The fourth-order valence-electron chi connectivity index (χ4n) is 1.74. The van der Waals surface area contributed by atoms with Gasteiger partial charge in [-0.2, -0.15) is 0 Å². The Kier molecular flexibility index (Phi) is 5.75. The average Bonchev–Trinajstić information content (AvgIpc) is 2.47. The lowest BCUT2D eigenvalue weighted by atomic mass is 10.2. The zero-order valence-corrected chi connectivity index (χ0v) is 12.1. The second-order valence-corrected chi connectivity index (χ2v) is 5.51. The first-order chi connectivity index (χ1) is 10.1. The van der Waals surface area contributed by atoms with Crippen LogP contribution in [0.5, 0.6) is 0 Å². The Morgan fingerprint density at radius 1 is 1.00 bits per heavy atom. The summed E-state index contributed by atoms with van der Waals surface area (Å²) >= 11 is 1.42. The Morgan fingerprint density at radius 3 is 2.48 bits per heavy atom. The smallest absolute Gasteiger partial charge is 0.230 e. The molecule has 21 heavy (non-hydrogen) atoms. The molecule has 0 aliphatic carbocycles. The van der Waals surface area contributed by atoms with Crippen LogP contribution in [0, 0.1) is 11.6 Å². The van der Waals surface area contributed by atoms with E-state index in [-0.39, 0.29) is 17.5 Å². The summed E-state index contributed by atoms with van der Waals surface area (Å²) < 4.78 is 25.7.